The fourth-order valence-electron chi connectivity index (χ4n) is 1.53. The van der Waals surface area contributed by atoms with Crippen LogP contribution in [0.15, 0.2) is 6.20 Å². The molecular formula is C11H19N3O2. The Balaban J connectivity index is 2.70. The molecule has 0 aliphatic heterocycles. The van der Waals surface area contributed by atoms with Gasteiger partial charge >= 0.3 is 5.97 Å². The third-order valence-corrected chi connectivity index (χ3v) is 2.71. The highest BCUT2D eigenvalue weighted by Crippen LogP contribution is 2.13. The lowest BCUT2D eigenvalue weighted by atomic mass is 10.0. The molecule has 0 fully saturated rings. The smallest absolute Gasteiger partial charge is 0.310 e. The topological polar surface area (TPSA) is 70.1 Å². The molecule has 0 bridgehead atoms. The van der Waals surface area contributed by atoms with Crippen LogP contribution >= 0.6 is 0 Å². The molecule has 1 aromatic rings. The average Bonchev–Trinajstić information content (AvgIpc) is 2.57. The maximum Gasteiger partial charge on any atom is 0.310 e. The zero-order chi connectivity index (χ0) is 12.1. The Morgan fingerprint density at radius 3 is 2.81 bits per heavy atom. The second kappa shape index (κ2) is 5.65. The number of nitrogens with zero attached hydrogens (tertiary/aromatic N) is 2. The first-order valence-corrected chi connectivity index (χ1v) is 5.44. The summed E-state index contributed by atoms with van der Waals surface area (Å²) in [6, 6.07) is 0. The van der Waals surface area contributed by atoms with E-state index in [4.69, 9.17) is 10.5 Å². The molecule has 16 heavy (non-hydrogen) atoms. The summed E-state index contributed by atoms with van der Waals surface area (Å²) in [7, 11) is 1.88. The highest BCUT2D eigenvalue weighted by molar-refractivity contribution is 5.73. The minimum atomic E-state index is -0.275. The minimum Gasteiger partial charge on any atom is -0.466 e. The summed E-state index contributed by atoms with van der Waals surface area (Å²) in [4.78, 5) is 11.6. The number of aryl methyl sites for hydroxylation is 1. The van der Waals surface area contributed by atoms with Gasteiger partial charge in [0, 0.05) is 19.3 Å². The van der Waals surface area contributed by atoms with Crippen LogP contribution in [0.25, 0.3) is 0 Å². The van der Waals surface area contributed by atoms with Gasteiger partial charge in [0.25, 0.3) is 0 Å². The molecule has 1 atom stereocenters. The summed E-state index contributed by atoms with van der Waals surface area (Å²) >= 11 is 0. The van der Waals surface area contributed by atoms with E-state index in [1.165, 1.54) is 0 Å². The van der Waals surface area contributed by atoms with Gasteiger partial charge in [0.05, 0.1) is 18.7 Å². The molecule has 0 saturated carbocycles. The quantitative estimate of drug-likeness (QED) is 0.737. The summed E-state index contributed by atoms with van der Waals surface area (Å²) in [6.07, 6.45) is 2.37. The van der Waals surface area contributed by atoms with Crippen LogP contribution in [-0.4, -0.2) is 28.9 Å². The Kier molecular flexibility index (Phi) is 4.49. The Bertz CT molecular complexity index is 360. The van der Waals surface area contributed by atoms with Crippen LogP contribution in [0.5, 0.6) is 0 Å². The number of carbonyl (C=O) groups excluding carboxylic acids is 1. The summed E-state index contributed by atoms with van der Waals surface area (Å²) in [5.41, 5.74) is 7.69. The van der Waals surface area contributed by atoms with Gasteiger partial charge in [-0.1, -0.05) is 0 Å². The van der Waals surface area contributed by atoms with Gasteiger partial charge in [0.2, 0.25) is 0 Å². The zero-order valence-corrected chi connectivity index (χ0v) is 10.1. The Hall–Kier alpha value is -1.36. The van der Waals surface area contributed by atoms with E-state index in [0.29, 0.717) is 19.6 Å². The SMILES string of the molecule is CCOC(=O)C(CN)Cc1cnn(C)c1C. The van der Waals surface area contributed by atoms with Crippen molar-refractivity contribution in [3.05, 3.63) is 17.5 Å². The van der Waals surface area contributed by atoms with Crippen molar-refractivity contribution in [1.82, 2.24) is 9.78 Å². The molecule has 1 rings (SSSR count). The number of hydrogen-bond acceptors (Lipinski definition) is 4. The summed E-state index contributed by atoms with van der Waals surface area (Å²) in [5, 5.41) is 4.13. The van der Waals surface area contributed by atoms with Crippen molar-refractivity contribution in [3.8, 4) is 0 Å². The first-order chi connectivity index (χ1) is 7.60. The van der Waals surface area contributed by atoms with E-state index in [2.05, 4.69) is 5.10 Å². The van der Waals surface area contributed by atoms with Crippen molar-refractivity contribution in [2.75, 3.05) is 13.2 Å². The van der Waals surface area contributed by atoms with Crippen molar-refractivity contribution in [2.24, 2.45) is 18.7 Å². The van der Waals surface area contributed by atoms with Crippen LogP contribution in [0.3, 0.4) is 0 Å². The van der Waals surface area contributed by atoms with Crippen molar-refractivity contribution >= 4 is 5.97 Å². The fraction of sp³-hybridized carbons (Fsp3) is 0.636. The first-order valence-electron chi connectivity index (χ1n) is 5.44. The molecule has 0 aliphatic carbocycles. The maximum atomic E-state index is 11.6. The number of carbonyl (C=O) groups is 1. The molecule has 0 saturated heterocycles. The summed E-state index contributed by atoms with van der Waals surface area (Å²) < 4.78 is 6.75. The molecule has 5 nitrogen and oxygen atoms in total. The van der Waals surface area contributed by atoms with Gasteiger partial charge in [-0.2, -0.15) is 5.10 Å². The summed E-state index contributed by atoms with van der Waals surface area (Å²) in [6.45, 7) is 4.45. The molecule has 0 radical (unpaired) electrons. The van der Waals surface area contributed by atoms with Gasteiger partial charge in [-0.15, -0.1) is 0 Å². The van der Waals surface area contributed by atoms with E-state index in [1.54, 1.807) is 17.8 Å². The third-order valence-electron chi connectivity index (χ3n) is 2.71. The van der Waals surface area contributed by atoms with Gasteiger partial charge in [-0.3, -0.25) is 9.48 Å². The van der Waals surface area contributed by atoms with Crippen LogP contribution < -0.4 is 5.73 Å². The zero-order valence-electron chi connectivity index (χ0n) is 10.1. The van der Waals surface area contributed by atoms with Crippen molar-refractivity contribution < 1.29 is 9.53 Å². The highest BCUT2D eigenvalue weighted by atomic mass is 16.5. The van der Waals surface area contributed by atoms with Gasteiger partial charge in [-0.25, -0.2) is 0 Å². The standard InChI is InChI=1S/C11H19N3O2/c1-4-16-11(15)9(6-12)5-10-7-13-14(3)8(10)2/h7,9H,4-6,12H2,1-3H3. The molecular weight excluding hydrogens is 206 g/mol. The fourth-order valence-corrected chi connectivity index (χ4v) is 1.53. The Labute approximate surface area is 95.6 Å². The molecule has 1 heterocycles. The monoisotopic (exact) mass is 225 g/mol. The number of hydrogen-bond donors (Lipinski definition) is 1. The molecule has 1 unspecified atom stereocenters. The number of ether oxygens (including phenoxy) is 1. The van der Waals surface area contributed by atoms with Gasteiger partial charge in [0.1, 0.15) is 0 Å². The number of aromatic nitrogens is 2. The molecule has 0 spiro atoms. The van der Waals surface area contributed by atoms with E-state index >= 15 is 0 Å². The van der Waals surface area contributed by atoms with E-state index in [1.807, 2.05) is 14.0 Å². The normalized spacial score (nSPS) is 12.5. The molecule has 0 aromatic carbocycles. The van der Waals surface area contributed by atoms with Crippen LogP contribution in [0, 0.1) is 12.8 Å². The molecule has 0 amide bonds. The van der Waals surface area contributed by atoms with E-state index in [-0.39, 0.29) is 11.9 Å². The lowest BCUT2D eigenvalue weighted by Gasteiger charge is -2.12. The maximum absolute atomic E-state index is 11.6. The van der Waals surface area contributed by atoms with Crippen LogP contribution in [-0.2, 0) is 23.0 Å². The van der Waals surface area contributed by atoms with Crippen molar-refractivity contribution in [3.63, 3.8) is 0 Å². The number of esters is 1. The highest BCUT2D eigenvalue weighted by Gasteiger charge is 2.20. The molecule has 0 aliphatic rings. The molecule has 2 N–H and O–H groups in total. The first kappa shape index (κ1) is 12.7. The second-order valence-electron chi connectivity index (χ2n) is 3.77. The predicted molar refractivity (Wildman–Crippen MR) is 60.8 cm³/mol. The lowest BCUT2D eigenvalue weighted by Crippen LogP contribution is -2.27. The lowest BCUT2D eigenvalue weighted by molar-refractivity contribution is -0.147. The molecule has 1 aromatic heterocycles. The number of rotatable bonds is 5. The van der Waals surface area contributed by atoms with Crippen LogP contribution in [0.1, 0.15) is 18.2 Å². The van der Waals surface area contributed by atoms with Crippen LogP contribution in [0.2, 0.25) is 0 Å². The average molecular weight is 225 g/mol. The molecule has 90 valence electrons. The van der Waals surface area contributed by atoms with E-state index in [9.17, 15) is 4.79 Å². The minimum absolute atomic E-state index is 0.228. The van der Waals surface area contributed by atoms with Gasteiger partial charge in [0.15, 0.2) is 0 Å². The Morgan fingerprint density at radius 2 is 2.38 bits per heavy atom. The van der Waals surface area contributed by atoms with Crippen molar-refractivity contribution in [2.45, 2.75) is 20.3 Å². The Morgan fingerprint density at radius 1 is 1.69 bits per heavy atom. The summed E-state index contributed by atoms with van der Waals surface area (Å²) in [5.74, 6) is -0.504. The largest absolute Gasteiger partial charge is 0.466 e. The molecule has 5 heteroatoms. The third kappa shape index (κ3) is 2.82. The second-order valence-corrected chi connectivity index (χ2v) is 3.77. The predicted octanol–water partition coefficient (Wildman–Crippen LogP) is 0.409. The number of nitrogens with two attached hydrogens (primary N) is 1. The van der Waals surface area contributed by atoms with Crippen LogP contribution in [0.4, 0.5) is 0 Å². The van der Waals surface area contributed by atoms with E-state index in [0.717, 1.165) is 11.3 Å². The van der Waals surface area contributed by atoms with E-state index < -0.39 is 0 Å². The van der Waals surface area contributed by atoms with Gasteiger partial charge < -0.3 is 10.5 Å². The van der Waals surface area contributed by atoms with Crippen molar-refractivity contribution in [1.29, 1.82) is 0 Å². The van der Waals surface area contributed by atoms with Gasteiger partial charge in [-0.05, 0) is 25.8 Å².